The lowest BCUT2D eigenvalue weighted by Crippen LogP contribution is -1.86. The Kier molecular flexibility index (Phi) is 2.48. The summed E-state index contributed by atoms with van der Waals surface area (Å²) in [5.74, 6) is 0.132. The van der Waals surface area contributed by atoms with Crippen LogP contribution >= 0.6 is 0 Å². The molecule has 0 saturated carbocycles. The molecule has 3 nitrogen and oxygen atoms in total. The smallest absolute Gasteiger partial charge is 0.200 e. The Morgan fingerprint density at radius 2 is 1.94 bits per heavy atom. The van der Waals surface area contributed by atoms with Crippen LogP contribution in [0.4, 0.5) is 10.1 Å². The minimum absolute atomic E-state index is 0.275. The SMILES string of the molecule is Nc1cc(F)cc2nc(Cc3ccccc3)oc12. The molecule has 0 saturated heterocycles. The Labute approximate surface area is 103 Å². The van der Waals surface area contributed by atoms with Crippen molar-refractivity contribution in [2.24, 2.45) is 0 Å². The standard InChI is InChI=1S/C14H11FN2O/c15-10-7-11(16)14-12(8-10)17-13(18-14)6-9-4-2-1-3-5-9/h1-5,7-8H,6,16H2. The molecule has 0 aliphatic rings. The largest absolute Gasteiger partial charge is 0.438 e. The first-order valence-corrected chi connectivity index (χ1v) is 5.61. The quantitative estimate of drug-likeness (QED) is 0.702. The molecule has 2 N–H and O–H groups in total. The fourth-order valence-corrected chi connectivity index (χ4v) is 1.92. The predicted molar refractivity (Wildman–Crippen MR) is 67.6 cm³/mol. The lowest BCUT2D eigenvalue weighted by Gasteiger charge is -1.95. The molecule has 0 fully saturated rings. The first-order valence-electron chi connectivity index (χ1n) is 5.61. The van der Waals surface area contributed by atoms with Gasteiger partial charge < -0.3 is 10.2 Å². The maximum absolute atomic E-state index is 13.2. The van der Waals surface area contributed by atoms with Gasteiger partial charge in [0.2, 0.25) is 0 Å². The summed E-state index contributed by atoms with van der Waals surface area (Å²) in [6.45, 7) is 0. The summed E-state index contributed by atoms with van der Waals surface area (Å²) in [6, 6.07) is 12.4. The summed E-state index contributed by atoms with van der Waals surface area (Å²) in [5.41, 5.74) is 7.95. The fraction of sp³-hybridized carbons (Fsp3) is 0.0714. The highest BCUT2D eigenvalue weighted by Gasteiger charge is 2.10. The van der Waals surface area contributed by atoms with Gasteiger partial charge in [0, 0.05) is 18.6 Å². The summed E-state index contributed by atoms with van der Waals surface area (Å²) in [6.07, 6.45) is 0.566. The van der Waals surface area contributed by atoms with Crippen molar-refractivity contribution in [2.75, 3.05) is 5.73 Å². The van der Waals surface area contributed by atoms with E-state index in [-0.39, 0.29) is 5.69 Å². The van der Waals surface area contributed by atoms with E-state index < -0.39 is 5.82 Å². The Morgan fingerprint density at radius 1 is 1.17 bits per heavy atom. The average molecular weight is 242 g/mol. The van der Waals surface area contributed by atoms with Gasteiger partial charge in [-0.15, -0.1) is 0 Å². The van der Waals surface area contributed by atoms with Crippen LogP contribution in [0.3, 0.4) is 0 Å². The number of benzene rings is 2. The van der Waals surface area contributed by atoms with Crippen LogP contribution in [-0.2, 0) is 6.42 Å². The first kappa shape index (κ1) is 10.8. The Balaban J connectivity index is 2.01. The number of hydrogen-bond acceptors (Lipinski definition) is 3. The number of aromatic nitrogens is 1. The number of rotatable bonds is 2. The molecule has 0 atom stereocenters. The first-order chi connectivity index (χ1) is 8.72. The number of nitrogen functional groups attached to an aromatic ring is 1. The van der Waals surface area contributed by atoms with Gasteiger partial charge >= 0.3 is 0 Å². The molecular formula is C14H11FN2O. The summed E-state index contributed by atoms with van der Waals surface area (Å²) in [4.78, 5) is 4.24. The molecule has 0 aliphatic heterocycles. The van der Waals surface area contributed by atoms with Crippen molar-refractivity contribution >= 4 is 16.8 Å². The summed E-state index contributed by atoms with van der Waals surface area (Å²) in [5, 5.41) is 0. The maximum Gasteiger partial charge on any atom is 0.200 e. The second-order valence-corrected chi connectivity index (χ2v) is 4.11. The second kappa shape index (κ2) is 4.14. The molecule has 1 heterocycles. The van der Waals surface area contributed by atoms with Gasteiger partial charge in [-0.1, -0.05) is 30.3 Å². The van der Waals surface area contributed by atoms with E-state index in [2.05, 4.69) is 4.98 Å². The highest BCUT2D eigenvalue weighted by Crippen LogP contribution is 2.24. The molecule has 3 rings (SSSR count). The van der Waals surface area contributed by atoms with E-state index in [1.807, 2.05) is 30.3 Å². The van der Waals surface area contributed by atoms with E-state index in [1.165, 1.54) is 12.1 Å². The molecule has 18 heavy (non-hydrogen) atoms. The van der Waals surface area contributed by atoms with Gasteiger partial charge in [-0.25, -0.2) is 9.37 Å². The molecule has 0 unspecified atom stereocenters. The van der Waals surface area contributed by atoms with Crippen LogP contribution in [0, 0.1) is 5.82 Å². The lowest BCUT2D eigenvalue weighted by molar-refractivity contribution is 0.544. The fourth-order valence-electron chi connectivity index (χ4n) is 1.92. The molecule has 2 aromatic carbocycles. The zero-order valence-electron chi connectivity index (χ0n) is 9.56. The van der Waals surface area contributed by atoms with Crippen LogP contribution in [0.1, 0.15) is 11.5 Å². The summed E-state index contributed by atoms with van der Waals surface area (Å²) < 4.78 is 18.7. The Morgan fingerprint density at radius 3 is 2.72 bits per heavy atom. The molecule has 1 aromatic heterocycles. The van der Waals surface area contributed by atoms with Crippen molar-refractivity contribution in [3.05, 3.63) is 59.7 Å². The number of fused-ring (bicyclic) bond motifs is 1. The highest BCUT2D eigenvalue weighted by atomic mass is 19.1. The molecule has 0 aliphatic carbocycles. The van der Waals surface area contributed by atoms with E-state index in [0.29, 0.717) is 23.4 Å². The number of anilines is 1. The molecule has 0 spiro atoms. The molecule has 0 radical (unpaired) electrons. The third-order valence-corrected chi connectivity index (χ3v) is 2.73. The summed E-state index contributed by atoms with van der Waals surface area (Å²) >= 11 is 0. The van der Waals surface area contributed by atoms with Crippen LogP contribution in [0.25, 0.3) is 11.1 Å². The van der Waals surface area contributed by atoms with Crippen molar-refractivity contribution in [3.63, 3.8) is 0 Å². The van der Waals surface area contributed by atoms with Crippen molar-refractivity contribution in [1.82, 2.24) is 4.98 Å². The second-order valence-electron chi connectivity index (χ2n) is 4.11. The van der Waals surface area contributed by atoms with E-state index in [9.17, 15) is 4.39 Å². The van der Waals surface area contributed by atoms with Gasteiger partial charge in [-0.05, 0) is 5.56 Å². The van der Waals surface area contributed by atoms with E-state index in [4.69, 9.17) is 10.2 Å². The molecule has 3 aromatic rings. The zero-order chi connectivity index (χ0) is 12.5. The molecule has 4 heteroatoms. The third kappa shape index (κ3) is 1.93. The predicted octanol–water partition coefficient (Wildman–Crippen LogP) is 3.14. The van der Waals surface area contributed by atoms with E-state index in [1.54, 1.807) is 0 Å². The van der Waals surface area contributed by atoms with Crippen molar-refractivity contribution in [2.45, 2.75) is 6.42 Å². The van der Waals surface area contributed by atoms with Crippen molar-refractivity contribution < 1.29 is 8.81 Å². The maximum atomic E-state index is 13.2. The lowest BCUT2D eigenvalue weighted by atomic mass is 10.1. The molecule has 0 amide bonds. The van der Waals surface area contributed by atoms with Crippen LogP contribution in [0.2, 0.25) is 0 Å². The van der Waals surface area contributed by atoms with Crippen LogP contribution in [0.15, 0.2) is 46.9 Å². The third-order valence-electron chi connectivity index (χ3n) is 2.73. The van der Waals surface area contributed by atoms with Crippen molar-refractivity contribution in [1.29, 1.82) is 0 Å². The minimum atomic E-state index is -0.403. The van der Waals surface area contributed by atoms with Gasteiger partial charge in [-0.2, -0.15) is 0 Å². The van der Waals surface area contributed by atoms with Crippen molar-refractivity contribution in [3.8, 4) is 0 Å². The molecule has 90 valence electrons. The van der Waals surface area contributed by atoms with Gasteiger partial charge in [0.25, 0.3) is 0 Å². The van der Waals surface area contributed by atoms with Gasteiger partial charge in [0.15, 0.2) is 11.5 Å². The average Bonchev–Trinajstić information content (AvgIpc) is 2.73. The van der Waals surface area contributed by atoms with Crippen LogP contribution in [-0.4, -0.2) is 4.98 Å². The minimum Gasteiger partial charge on any atom is -0.438 e. The van der Waals surface area contributed by atoms with Gasteiger partial charge in [0.1, 0.15) is 11.3 Å². The highest BCUT2D eigenvalue weighted by molar-refractivity contribution is 5.84. The normalized spacial score (nSPS) is 10.9. The number of hydrogen-bond donors (Lipinski definition) is 1. The summed E-state index contributed by atoms with van der Waals surface area (Å²) in [7, 11) is 0. The Hall–Kier alpha value is -2.36. The number of oxazole rings is 1. The Bertz CT molecular complexity index is 692. The number of nitrogens with zero attached hydrogens (tertiary/aromatic N) is 1. The topological polar surface area (TPSA) is 52.0 Å². The number of halogens is 1. The zero-order valence-corrected chi connectivity index (χ0v) is 9.56. The molecular weight excluding hydrogens is 231 g/mol. The molecule has 0 bridgehead atoms. The van der Waals surface area contributed by atoms with E-state index >= 15 is 0 Å². The van der Waals surface area contributed by atoms with Crippen LogP contribution in [0.5, 0.6) is 0 Å². The van der Waals surface area contributed by atoms with E-state index in [0.717, 1.165) is 5.56 Å². The van der Waals surface area contributed by atoms with Gasteiger partial charge in [0.05, 0.1) is 5.69 Å². The number of nitrogens with two attached hydrogens (primary N) is 1. The van der Waals surface area contributed by atoms with Crippen LogP contribution < -0.4 is 5.73 Å². The van der Waals surface area contributed by atoms with Gasteiger partial charge in [-0.3, -0.25) is 0 Å². The monoisotopic (exact) mass is 242 g/mol.